The van der Waals surface area contributed by atoms with E-state index in [2.05, 4.69) is 20.9 Å². The maximum atomic E-state index is 11.7. The molecule has 0 radical (unpaired) electrons. The number of benzene rings is 2. The molecule has 3 aromatic rings. The van der Waals surface area contributed by atoms with Gasteiger partial charge in [0, 0.05) is 15.4 Å². The van der Waals surface area contributed by atoms with E-state index in [-0.39, 0.29) is 0 Å². The first-order chi connectivity index (χ1) is 10.6. The van der Waals surface area contributed by atoms with Crippen molar-refractivity contribution in [2.45, 2.75) is 19.3 Å². The number of nitrogens with one attached hydrogen (secondary N) is 1. The number of hydrogen-bond donors (Lipinski definition) is 2. The summed E-state index contributed by atoms with van der Waals surface area (Å²) in [6, 6.07) is 15.8. The molecule has 2 N–H and O–H groups in total. The van der Waals surface area contributed by atoms with Crippen molar-refractivity contribution in [3.8, 4) is 11.3 Å². The van der Waals surface area contributed by atoms with Gasteiger partial charge in [-0.3, -0.25) is 4.79 Å². The van der Waals surface area contributed by atoms with Crippen molar-refractivity contribution in [1.82, 2.24) is 4.98 Å². The molecule has 2 aromatic carbocycles. The summed E-state index contributed by atoms with van der Waals surface area (Å²) in [6.45, 7) is 1.91. The highest BCUT2D eigenvalue weighted by molar-refractivity contribution is 9.10. The van der Waals surface area contributed by atoms with Crippen molar-refractivity contribution in [1.29, 1.82) is 0 Å². The van der Waals surface area contributed by atoms with E-state index in [1.54, 1.807) is 0 Å². The van der Waals surface area contributed by atoms with Gasteiger partial charge in [-0.25, -0.2) is 0 Å². The molecule has 0 spiro atoms. The molecule has 0 saturated heterocycles. The molecule has 0 aliphatic carbocycles. The lowest BCUT2D eigenvalue weighted by Crippen LogP contribution is -2.11. The maximum absolute atomic E-state index is 11.7. The molecule has 3 rings (SSSR count). The third-order valence-electron chi connectivity index (χ3n) is 3.92. The van der Waals surface area contributed by atoms with Crippen molar-refractivity contribution in [3.63, 3.8) is 0 Å². The van der Waals surface area contributed by atoms with Gasteiger partial charge >= 0.3 is 5.97 Å². The summed E-state index contributed by atoms with van der Waals surface area (Å²) in [6.07, 6.45) is 0.550. The smallest absolute Gasteiger partial charge is 0.311 e. The second kappa shape index (κ2) is 5.97. The standard InChI is InChI=1S/C18H16BrNO2/c1-2-13(18(21)22)16-14-10-12(19)8-9-15(14)20-17(16)11-6-4-3-5-7-11/h3-10,13,20H,2H2,1H3,(H,21,22). The fourth-order valence-electron chi connectivity index (χ4n) is 2.88. The predicted molar refractivity (Wildman–Crippen MR) is 92.1 cm³/mol. The predicted octanol–water partition coefficient (Wildman–Crippen LogP) is 5.18. The SMILES string of the molecule is CCC(C(=O)O)c1c(-c2ccccc2)[nH]c2ccc(Br)cc12. The number of rotatable bonds is 4. The van der Waals surface area contributed by atoms with Crippen molar-refractivity contribution in [3.05, 3.63) is 58.6 Å². The van der Waals surface area contributed by atoms with Crippen LogP contribution in [0.5, 0.6) is 0 Å². The maximum Gasteiger partial charge on any atom is 0.311 e. The van der Waals surface area contributed by atoms with Gasteiger partial charge in [0.25, 0.3) is 0 Å². The first-order valence-corrected chi connectivity index (χ1v) is 8.00. The molecule has 0 bridgehead atoms. The van der Waals surface area contributed by atoms with Crippen LogP contribution in [-0.2, 0) is 4.79 Å². The Morgan fingerprint density at radius 3 is 2.59 bits per heavy atom. The summed E-state index contributed by atoms with van der Waals surface area (Å²) < 4.78 is 0.945. The van der Waals surface area contributed by atoms with E-state index in [1.165, 1.54) is 0 Å². The molecular weight excluding hydrogens is 342 g/mol. The number of carboxylic acids is 1. The summed E-state index contributed by atoms with van der Waals surface area (Å²) in [5, 5.41) is 10.6. The zero-order valence-corrected chi connectivity index (χ0v) is 13.7. The zero-order valence-electron chi connectivity index (χ0n) is 12.1. The van der Waals surface area contributed by atoms with Crippen LogP contribution in [0.3, 0.4) is 0 Å². The Kier molecular flexibility index (Phi) is 4.03. The third kappa shape index (κ3) is 2.55. The Bertz CT molecular complexity index is 824. The van der Waals surface area contributed by atoms with Crippen LogP contribution in [0, 0.1) is 0 Å². The normalized spacial score (nSPS) is 12.5. The van der Waals surface area contributed by atoms with E-state index in [4.69, 9.17) is 0 Å². The van der Waals surface area contributed by atoms with Gasteiger partial charge in [-0.05, 0) is 35.7 Å². The van der Waals surface area contributed by atoms with Gasteiger partial charge in [-0.15, -0.1) is 0 Å². The molecule has 22 heavy (non-hydrogen) atoms. The van der Waals surface area contributed by atoms with Gasteiger partial charge in [-0.1, -0.05) is 53.2 Å². The Labute approximate surface area is 137 Å². The van der Waals surface area contributed by atoms with Crippen LogP contribution in [0.1, 0.15) is 24.8 Å². The number of fused-ring (bicyclic) bond motifs is 1. The molecular formula is C18H16BrNO2. The Balaban J connectivity index is 2.34. The lowest BCUT2D eigenvalue weighted by atomic mass is 9.91. The molecule has 1 unspecified atom stereocenters. The Hall–Kier alpha value is -2.07. The molecule has 0 amide bonds. The van der Waals surface area contributed by atoms with Crippen LogP contribution in [-0.4, -0.2) is 16.1 Å². The van der Waals surface area contributed by atoms with E-state index in [0.717, 1.165) is 32.2 Å². The van der Waals surface area contributed by atoms with Gasteiger partial charge in [0.15, 0.2) is 0 Å². The van der Waals surface area contributed by atoms with Crippen molar-refractivity contribution >= 4 is 32.8 Å². The Morgan fingerprint density at radius 1 is 1.23 bits per heavy atom. The minimum Gasteiger partial charge on any atom is -0.481 e. The highest BCUT2D eigenvalue weighted by Gasteiger charge is 2.25. The molecule has 4 heteroatoms. The molecule has 1 aromatic heterocycles. The summed E-state index contributed by atoms with van der Waals surface area (Å²) >= 11 is 3.48. The molecule has 3 nitrogen and oxygen atoms in total. The van der Waals surface area contributed by atoms with Crippen LogP contribution in [0.2, 0.25) is 0 Å². The number of hydrogen-bond acceptors (Lipinski definition) is 1. The van der Waals surface area contributed by atoms with Gasteiger partial charge in [-0.2, -0.15) is 0 Å². The Morgan fingerprint density at radius 2 is 1.95 bits per heavy atom. The second-order valence-electron chi connectivity index (χ2n) is 5.27. The van der Waals surface area contributed by atoms with E-state index in [0.29, 0.717) is 6.42 Å². The van der Waals surface area contributed by atoms with Gasteiger partial charge in [0.05, 0.1) is 11.6 Å². The highest BCUT2D eigenvalue weighted by atomic mass is 79.9. The monoisotopic (exact) mass is 357 g/mol. The molecule has 0 saturated carbocycles. The fourth-order valence-corrected chi connectivity index (χ4v) is 3.24. The van der Waals surface area contributed by atoms with Crippen LogP contribution in [0.25, 0.3) is 22.2 Å². The first kappa shape index (κ1) is 14.9. The van der Waals surface area contributed by atoms with Crippen LogP contribution >= 0.6 is 15.9 Å². The molecule has 112 valence electrons. The molecule has 0 aliphatic heterocycles. The van der Waals surface area contributed by atoms with Crippen molar-refractivity contribution in [2.75, 3.05) is 0 Å². The van der Waals surface area contributed by atoms with Crippen molar-refractivity contribution in [2.24, 2.45) is 0 Å². The van der Waals surface area contributed by atoms with Gasteiger partial charge in [0.2, 0.25) is 0 Å². The van der Waals surface area contributed by atoms with Crippen molar-refractivity contribution < 1.29 is 9.90 Å². The summed E-state index contributed by atoms with van der Waals surface area (Å²) in [5.74, 6) is -1.32. The van der Waals surface area contributed by atoms with E-state index >= 15 is 0 Å². The van der Waals surface area contributed by atoms with Gasteiger partial charge < -0.3 is 10.1 Å². The molecule has 0 fully saturated rings. The molecule has 1 atom stereocenters. The lowest BCUT2D eigenvalue weighted by Gasteiger charge is -2.12. The summed E-state index contributed by atoms with van der Waals surface area (Å²) in [5.41, 5.74) is 3.71. The topological polar surface area (TPSA) is 53.1 Å². The fraction of sp³-hybridized carbons (Fsp3) is 0.167. The summed E-state index contributed by atoms with van der Waals surface area (Å²) in [4.78, 5) is 15.1. The number of aliphatic carboxylic acids is 1. The van der Waals surface area contributed by atoms with E-state index in [1.807, 2.05) is 55.5 Å². The third-order valence-corrected chi connectivity index (χ3v) is 4.41. The zero-order chi connectivity index (χ0) is 15.7. The van der Waals surface area contributed by atoms with Crippen LogP contribution < -0.4 is 0 Å². The number of aromatic nitrogens is 1. The van der Waals surface area contributed by atoms with E-state index < -0.39 is 11.9 Å². The van der Waals surface area contributed by atoms with Gasteiger partial charge in [0.1, 0.15) is 0 Å². The lowest BCUT2D eigenvalue weighted by molar-refractivity contribution is -0.138. The number of carbonyl (C=O) groups is 1. The minimum absolute atomic E-state index is 0.529. The minimum atomic E-state index is -0.791. The molecule has 0 aliphatic rings. The summed E-state index contributed by atoms with van der Waals surface area (Å²) in [7, 11) is 0. The highest BCUT2D eigenvalue weighted by Crippen LogP contribution is 2.38. The molecule has 1 heterocycles. The van der Waals surface area contributed by atoms with Crippen LogP contribution in [0.4, 0.5) is 0 Å². The second-order valence-corrected chi connectivity index (χ2v) is 6.18. The largest absolute Gasteiger partial charge is 0.481 e. The van der Waals surface area contributed by atoms with E-state index in [9.17, 15) is 9.90 Å². The number of halogens is 1. The average molecular weight is 358 g/mol. The number of H-pyrrole nitrogens is 1. The quantitative estimate of drug-likeness (QED) is 0.676. The number of carboxylic acid groups (broad SMARTS) is 1. The van der Waals surface area contributed by atoms with Crippen LogP contribution in [0.15, 0.2) is 53.0 Å². The average Bonchev–Trinajstić information content (AvgIpc) is 2.87. The first-order valence-electron chi connectivity index (χ1n) is 7.21. The number of aromatic amines is 1.